The van der Waals surface area contributed by atoms with Crippen LogP contribution in [0.5, 0.6) is 0 Å². The minimum Gasteiger partial charge on any atom is -0.478 e. The number of hydrogen-bond donors (Lipinski definition) is 2. The number of carboxylic acid groups (broad SMARTS) is 1. The van der Waals surface area contributed by atoms with Crippen LogP contribution in [0.3, 0.4) is 0 Å². The smallest absolute Gasteiger partial charge is 0.337 e. The lowest BCUT2D eigenvalue weighted by atomic mass is 10.1. The molecule has 0 radical (unpaired) electrons. The largest absolute Gasteiger partial charge is 0.478 e. The zero-order chi connectivity index (χ0) is 14.6. The Morgan fingerprint density at radius 3 is 2.53 bits per heavy atom. The van der Waals surface area contributed by atoms with E-state index in [2.05, 4.69) is 5.32 Å². The van der Waals surface area contributed by atoms with Crippen LogP contribution in [-0.2, 0) is 9.84 Å². The standard InChI is InChI=1S/C12H16ClNO4S/c1-3-4-5-14-10-7-9(13)11(19(2,17)18)6-8(10)12(15)16/h6-7,14H,3-5H2,1-2H3,(H,15,16). The fourth-order valence-corrected chi connectivity index (χ4v) is 2.89. The second kappa shape index (κ2) is 6.25. The lowest BCUT2D eigenvalue weighted by molar-refractivity contribution is 0.0697. The van der Waals surface area contributed by atoms with Crippen molar-refractivity contribution in [2.45, 2.75) is 24.7 Å². The number of hydrogen-bond acceptors (Lipinski definition) is 4. The van der Waals surface area contributed by atoms with Crippen LogP contribution in [0.25, 0.3) is 0 Å². The summed E-state index contributed by atoms with van der Waals surface area (Å²) in [4.78, 5) is 11.0. The van der Waals surface area contributed by atoms with Gasteiger partial charge in [0.2, 0.25) is 0 Å². The molecule has 1 aromatic rings. The number of aromatic carboxylic acids is 1. The quantitative estimate of drug-likeness (QED) is 0.789. The number of rotatable bonds is 6. The molecule has 106 valence electrons. The van der Waals surface area contributed by atoms with Gasteiger partial charge in [0.05, 0.1) is 21.2 Å². The van der Waals surface area contributed by atoms with E-state index in [-0.39, 0.29) is 15.5 Å². The van der Waals surface area contributed by atoms with Crippen molar-refractivity contribution in [2.75, 3.05) is 18.1 Å². The summed E-state index contributed by atoms with van der Waals surface area (Å²) in [6.07, 6.45) is 2.83. The zero-order valence-electron chi connectivity index (χ0n) is 10.7. The highest BCUT2D eigenvalue weighted by atomic mass is 35.5. The molecule has 0 saturated heterocycles. The summed E-state index contributed by atoms with van der Waals surface area (Å²) in [7, 11) is -3.55. The fourth-order valence-electron chi connectivity index (χ4n) is 1.56. The molecule has 19 heavy (non-hydrogen) atoms. The van der Waals surface area contributed by atoms with Crippen LogP contribution >= 0.6 is 11.6 Å². The van der Waals surface area contributed by atoms with Crippen molar-refractivity contribution >= 4 is 33.1 Å². The number of halogens is 1. The van der Waals surface area contributed by atoms with E-state index in [1.165, 1.54) is 6.07 Å². The normalized spacial score (nSPS) is 11.3. The molecule has 1 aromatic carbocycles. The van der Waals surface area contributed by atoms with Crippen LogP contribution in [0, 0.1) is 0 Å². The molecule has 0 heterocycles. The van der Waals surface area contributed by atoms with Crippen molar-refractivity contribution in [2.24, 2.45) is 0 Å². The van der Waals surface area contributed by atoms with E-state index in [0.29, 0.717) is 12.2 Å². The molecular weight excluding hydrogens is 290 g/mol. The summed E-state index contributed by atoms with van der Waals surface area (Å²) >= 11 is 5.89. The third-order valence-corrected chi connectivity index (χ3v) is 4.11. The molecule has 0 fully saturated rings. The van der Waals surface area contributed by atoms with Crippen LogP contribution in [0.4, 0.5) is 5.69 Å². The summed E-state index contributed by atoms with van der Waals surface area (Å²) in [6.45, 7) is 2.62. The number of nitrogens with one attached hydrogen (secondary N) is 1. The molecule has 1 rings (SSSR count). The van der Waals surface area contributed by atoms with Gasteiger partial charge in [-0.1, -0.05) is 24.9 Å². The van der Waals surface area contributed by atoms with Gasteiger partial charge in [-0.05, 0) is 18.6 Å². The molecule has 2 N–H and O–H groups in total. The Kier molecular flexibility index (Phi) is 5.20. The molecule has 5 nitrogen and oxygen atoms in total. The van der Waals surface area contributed by atoms with E-state index in [1.54, 1.807) is 0 Å². The number of anilines is 1. The first-order valence-corrected chi connectivity index (χ1v) is 8.05. The number of carbonyl (C=O) groups is 1. The molecular formula is C12H16ClNO4S. The number of carboxylic acids is 1. The molecule has 0 amide bonds. The molecule has 0 bridgehead atoms. The fraction of sp³-hybridized carbons (Fsp3) is 0.417. The maximum absolute atomic E-state index is 11.5. The Balaban J connectivity index is 3.26. The van der Waals surface area contributed by atoms with Gasteiger partial charge in [-0.3, -0.25) is 0 Å². The second-order valence-corrected chi connectivity index (χ2v) is 6.58. The van der Waals surface area contributed by atoms with E-state index in [0.717, 1.165) is 25.2 Å². The number of sulfone groups is 1. The van der Waals surface area contributed by atoms with Crippen LogP contribution in [0.15, 0.2) is 17.0 Å². The minimum atomic E-state index is -3.55. The maximum atomic E-state index is 11.5. The third-order valence-electron chi connectivity index (χ3n) is 2.55. The monoisotopic (exact) mass is 305 g/mol. The van der Waals surface area contributed by atoms with Crippen molar-refractivity contribution < 1.29 is 18.3 Å². The Bertz CT molecular complexity index is 584. The zero-order valence-corrected chi connectivity index (χ0v) is 12.3. The molecule has 0 aromatic heterocycles. The molecule has 0 atom stereocenters. The summed E-state index contributed by atoms with van der Waals surface area (Å²) < 4.78 is 23.0. The summed E-state index contributed by atoms with van der Waals surface area (Å²) in [5.41, 5.74) is 0.235. The first-order valence-electron chi connectivity index (χ1n) is 5.78. The molecule has 0 spiro atoms. The molecule has 0 aliphatic heterocycles. The van der Waals surface area contributed by atoms with Gasteiger partial charge in [-0.15, -0.1) is 0 Å². The first-order chi connectivity index (χ1) is 8.77. The highest BCUT2D eigenvalue weighted by Gasteiger charge is 2.19. The molecule has 0 saturated carbocycles. The predicted molar refractivity (Wildman–Crippen MR) is 74.9 cm³/mol. The Hall–Kier alpha value is -1.27. The van der Waals surface area contributed by atoms with Crippen molar-refractivity contribution in [3.63, 3.8) is 0 Å². The van der Waals surface area contributed by atoms with Gasteiger partial charge in [0.15, 0.2) is 9.84 Å². The van der Waals surface area contributed by atoms with E-state index in [9.17, 15) is 13.2 Å². The van der Waals surface area contributed by atoms with Gasteiger partial charge in [-0.2, -0.15) is 0 Å². The van der Waals surface area contributed by atoms with Crippen molar-refractivity contribution in [3.8, 4) is 0 Å². The van der Waals surface area contributed by atoms with Gasteiger partial charge in [0.1, 0.15) is 0 Å². The average molecular weight is 306 g/mol. The van der Waals surface area contributed by atoms with Gasteiger partial charge in [0.25, 0.3) is 0 Å². The summed E-state index contributed by atoms with van der Waals surface area (Å²) in [5.74, 6) is -1.19. The summed E-state index contributed by atoms with van der Waals surface area (Å²) in [5, 5.41) is 12.1. The van der Waals surface area contributed by atoms with E-state index in [4.69, 9.17) is 16.7 Å². The third kappa shape index (κ3) is 4.11. The molecule has 0 unspecified atom stereocenters. The van der Waals surface area contributed by atoms with Crippen LogP contribution in [0.1, 0.15) is 30.1 Å². The van der Waals surface area contributed by atoms with Crippen molar-refractivity contribution in [3.05, 3.63) is 22.7 Å². The van der Waals surface area contributed by atoms with Gasteiger partial charge in [-0.25, -0.2) is 13.2 Å². The van der Waals surface area contributed by atoms with Gasteiger partial charge < -0.3 is 10.4 Å². The number of unbranched alkanes of at least 4 members (excludes halogenated alkanes) is 1. The number of benzene rings is 1. The van der Waals surface area contributed by atoms with Gasteiger partial charge >= 0.3 is 5.97 Å². The highest BCUT2D eigenvalue weighted by molar-refractivity contribution is 7.90. The SMILES string of the molecule is CCCCNc1cc(Cl)c(S(C)(=O)=O)cc1C(=O)O. The Morgan fingerprint density at radius 2 is 2.05 bits per heavy atom. The lowest BCUT2D eigenvalue weighted by Gasteiger charge is -2.12. The topological polar surface area (TPSA) is 83.5 Å². The summed E-state index contributed by atoms with van der Waals surface area (Å²) in [6, 6.07) is 2.44. The van der Waals surface area contributed by atoms with Crippen molar-refractivity contribution in [1.29, 1.82) is 0 Å². The van der Waals surface area contributed by atoms with E-state index < -0.39 is 15.8 Å². The van der Waals surface area contributed by atoms with E-state index >= 15 is 0 Å². The van der Waals surface area contributed by atoms with Crippen LogP contribution in [-0.4, -0.2) is 32.3 Å². The Morgan fingerprint density at radius 1 is 1.42 bits per heavy atom. The molecule has 7 heteroatoms. The van der Waals surface area contributed by atoms with E-state index in [1.807, 2.05) is 6.92 Å². The Labute approximate surface area is 117 Å². The first kappa shape index (κ1) is 15.8. The lowest BCUT2D eigenvalue weighted by Crippen LogP contribution is -2.10. The molecule has 0 aliphatic rings. The van der Waals surface area contributed by atoms with Gasteiger partial charge in [0, 0.05) is 12.8 Å². The predicted octanol–water partition coefficient (Wildman–Crippen LogP) is 2.65. The molecule has 0 aliphatic carbocycles. The minimum absolute atomic E-state index is 0.0199. The average Bonchev–Trinajstić information content (AvgIpc) is 2.27. The van der Waals surface area contributed by atoms with Crippen LogP contribution in [0.2, 0.25) is 5.02 Å². The van der Waals surface area contributed by atoms with Crippen molar-refractivity contribution in [1.82, 2.24) is 0 Å². The van der Waals surface area contributed by atoms with Crippen LogP contribution < -0.4 is 5.32 Å². The highest BCUT2D eigenvalue weighted by Crippen LogP contribution is 2.29. The second-order valence-electron chi connectivity index (χ2n) is 4.19. The maximum Gasteiger partial charge on any atom is 0.337 e.